The van der Waals surface area contributed by atoms with Crippen LogP contribution in [0.25, 0.3) is 5.69 Å². The van der Waals surface area contributed by atoms with E-state index in [-0.39, 0.29) is 26.8 Å². The first-order valence-electron chi connectivity index (χ1n) is 6.26. The van der Waals surface area contributed by atoms with E-state index in [4.69, 9.17) is 11.6 Å². The van der Waals surface area contributed by atoms with Gasteiger partial charge in [-0.1, -0.05) is 11.6 Å². The van der Waals surface area contributed by atoms with Crippen molar-refractivity contribution >= 4 is 27.3 Å². The highest BCUT2D eigenvalue weighted by atomic mass is 35.5. The van der Waals surface area contributed by atoms with Crippen molar-refractivity contribution in [2.24, 2.45) is 0 Å². The van der Waals surface area contributed by atoms with Crippen molar-refractivity contribution in [1.82, 2.24) is 14.3 Å². The molecule has 1 aromatic heterocycles. The predicted octanol–water partition coefficient (Wildman–Crippen LogP) is 2.07. The van der Waals surface area contributed by atoms with Crippen LogP contribution in [0.1, 0.15) is 17.9 Å². The minimum absolute atomic E-state index is 0.0194. The fraction of sp³-hybridized carbons (Fsp3) is 0.333. The number of nitrogens with zero attached hydrogens (tertiary/aromatic N) is 3. The van der Waals surface area contributed by atoms with E-state index >= 15 is 0 Å². The molecule has 0 spiro atoms. The van der Waals surface area contributed by atoms with E-state index in [0.29, 0.717) is 5.56 Å². The van der Waals surface area contributed by atoms with E-state index < -0.39 is 22.3 Å². The Balaban J connectivity index is 2.68. The fourth-order valence-electron chi connectivity index (χ4n) is 2.03. The van der Waals surface area contributed by atoms with Gasteiger partial charge in [0.15, 0.2) is 0 Å². The lowest BCUT2D eigenvalue weighted by atomic mass is 10.2. The Labute approximate surface area is 135 Å². The van der Waals surface area contributed by atoms with Gasteiger partial charge in [-0.05, 0) is 31.5 Å². The minimum atomic E-state index is -3.61. The molecule has 0 aliphatic carbocycles. The maximum atomic E-state index is 12.9. The van der Waals surface area contributed by atoms with E-state index in [9.17, 15) is 22.0 Å². The van der Waals surface area contributed by atoms with Gasteiger partial charge in [0.25, 0.3) is 0 Å². The summed E-state index contributed by atoms with van der Waals surface area (Å²) in [4.78, 5) is 12.1. The molecule has 0 fully saturated rings. The van der Waals surface area contributed by atoms with E-state index in [1.165, 1.54) is 19.1 Å². The van der Waals surface area contributed by atoms with Crippen LogP contribution in [0.2, 0.25) is 5.02 Å². The molecule has 0 aliphatic heterocycles. The third kappa shape index (κ3) is 3.53. The Morgan fingerprint density at radius 1 is 1.30 bits per heavy atom. The molecule has 1 N–H and O–H groups in total. The number of sulfonamides is 1. The van der Waals surface area contributed by atoms with Crippen molar-refractivity contribution in [2.75, 3.05) is 11.0 Å². The molecule has 0 saturated carbocycles. The summed E-state index contributed by atoms with van der Waals surface area (Å²) in [6, 6.07) is 2.68. The molecule has 0 radical (unpaired) electrons. The molecular formula is C12H13ClF2N4O3S. The van der Waals surface area contributed by atoms with Crippen molar-refractivity contribution in [1.29, 1.82) is 0 Å². The van der Waals surface area contributed by atoms with Gasteiger partial charge in [0.05, 0.1) is 22.7 Å². The maximum absolute atomic E-state index is 12.9. The Kier molecular flexibility index (Phi) is 4.49. The van der Waals surface area contributed by atoms with Crippen LogP contribution in [0.3, 0.4) is 0 Å². The van der Waals surface area contributed by atoms with E-state index in [2.05, 4.69) is 9.82 Å². The molecule has 0 atom stereocenters. The number of anilines is 1. The zero-order valence-electron chi connectivity index (χ0n) is 12.3. The summed E-state index contributed by atoms with van der Waals surface area (Å²) in [7, 11) is -3.61. The zero-order chi connectivity index (χ0) is 17.5. The smallest absolute Gasteiger partial charge is 0.282 e. The molecule has 11 heteroatoms. The minimum Gasteiger partial charge on any atom is -0.282 e. The Hall–Kier alpha value is -1.94. The Morgan fingerprint density at radius 2 is 1.91 bits per heavy atom. The van der Waals surface area contributed by atoms with Gasteiger partial charge in [0.2, 0.25) is 10.0 Å². The first-order valence-corrected chi connectivity index (χ1v) is 8.53. The molecule has 2 aromatic rings. The van der Waals surface area contributed by atoms with Crippen molar-refractivity contribution in [3.8, 4) is 5.69 Å². The number of rotatable bonds is 4. The Bertz CT molecular complexity index is 921. The molecule has 2 rings (SSSR count). The standard InChI is InChI=1S/C12H13ClF2N4O3S/c1-6-4-8(13)9(17-23(3,21)22)5-10(6)19-12(20)18(11(14)15)7(2)16-19/h4-5,11,17H,1-3H3. The molecule has 0 saturated heterocycles. The lowest BCUT2D eigenvalue weighted by molar-refractivity contribution is 0.0640. The van der Waals surface area contributed by atoms with Gasteiger partial charge < -0.3 is 0 Å². The van der Waals surface area contributed by atoms with E-state index in [1.807, 2.05) is 0 Å². The number of aryl methyl sites for hydroxylation is 2. The molecular weight excluding hydrogens is 354 g/mol. The van der Waals surface area contributed by atoms with Crippen molar-refractivity contribution in [2.45, 2.75) is 20.4 Å². The largest absolute Gasteiger partial charge is 0.355 e. The second-order valence-corrected chi connectivity index (χ2v) is 7.04. The van der Waals surface area contributed by atoms with Crippen LogP contribution in [0.15, 0.2) is 16.9 Å². The molecule has 0 amide bonds. The zero-order valence-corrected chi connectivity index (χ0v) is 13.9. The molecule has 23 heavy (non-hydrogen) atoms. The van der Waals surface area contributed by atoms with E-state index in [0.717, 1.165) is 10.9 Å². The second-order valence-electron chi connectivity index (χ2n) is 4.88. The van der Waals surface area contributed by atoms with Crippen molar-refractivity contribution < 1.29 is 17.2 Å². The molecule has 0 bridgehead atoms. The number of benzene rings is 1. The first-order chi connectivity index (χ1) is 10.5. The summed E-state index contributed by atoms with van der Waals surface area (Å²) < 4.78 is 51.7. The highest BCUT2D eigenvalue weighted by Crippen LogP contribution is 2.28. The van der Waals surface area contributed by atoms with Gasteiger partial charge in [0.1, 0.15) is 5.82 Å². The highest BCUT2D eigenvalue weighted by molar-refractivity contribution is 7.92. The summed E-state index contributed by atoms with van der Waals surface area (Å²) in [6.07, 6.45) is 0.935. The predicted molar refractivity (Wildman–Crippen MR) is 82.0 cm³/mol. The highest BCUT2D eigenvalue weighted by Gasteiger charge is 2.20. The van der Waals surface area contributed by atoms with Crippen LogP contribution in [0, 0.1) is 13.8 Å². The first kappa shape index (κ1) is 17.4. The molecule has 1 aromatic carbocycles. The normalized spacial score (nSPS) is 12.0. The summed E-state index contributed by atoms with van der Waals surface area (Å²) >= 11 is 5.96. The van der Waals surface area contributed by atoms with Crippen LogP contribution in [-0.2, 0) is 10.0 Å². The van der Waals surface area contributed by atoms with Crippen LogP contribution in [-0.4, -0.2) is 29.0 Å². The number of hydrogen-bond acceptors (Lipinski definition) is 4. The van der Waals surface area contributed by atoms with Crippen LogP contribution in [0.5, 0.6) is 0 Å². The van der Waals surface area contributed by atoms with Crippen LogP contribution >= 0.6 is 11.6 Å². The summed E-state index contributed by atoms with van der Waals surface area (Å²) in [5, 5.41) is 3.90. The summed E-state index contributed by atoms with van der Waals surface area (Å²) in [5.74, 6) is -0.169. The van der Waals surface area contributed by atoms with Crippen molar-refractivity contribution in [3.05, 3.63) is 39.0 Å². The Morgan fingerprint density at radius 3 is 2.39 bits per heavy atom. The van der Waals surface area contributed by atoms with Crippen LogP contribution in [0.4, 0.5) is 14.5 Å². The average Bonchev–Trinajstić information content (AvgIpc) is 2.66. The van der Waals surface area contributed by atoms with Gasteiger partial charge in [0, 0.05) is 0 Å². The second kappa shape index (κ2) is 5.93. The van der Waals surface area contributed by atoms with Gasteiger partial charge in [-0.2, -0.15) is 18.6 Å². The quantitative estimate of drug-likeness (QED) is 0.897. The summed E-state index contributed by atoms with van der Waals surface area (Å²) in [5.41, 5.74) is -0.401. The maximum Gasteiger partial charge on any atom is 0.355 e. The lowest BCUT2D eigenvalue weighted by Gasteiger charge is -2.11. The molecule has 1 heterocycles. The fourth-order valence-corrected chi connectivity index (χ4v) is 2.92. The molecule has 0 aliphatic rings. The third-order valence-corrected chi connectivity index (χ3v) is 3.89. The number of nitrogens with one attached hydrogen (secondary N) is 1. The molecule has 0 unspecified atom stereocenters. The molecule has 7 nitrogen and oxygen atoms in total. The topological polar surface area (TPSA) is 86.0 Å². The summed E-state index contributed by atoms with van der Waals surface area (Å²) in [6.45, 7) is -0.169. The van der Waals surface area contributed by atoms with Gasteiger partial charge >= 0.3 is 12.2 Å². The monoisotopic (exact) mass is 366 g/mol. The average molecular weight is 367 g/mol. The number of hydrogen-bond donors (Lipinski definition) is 1. The lowest BCUT2D eigenvalue weighted by Crippen LogP contribution is -2.25. The van der Waals surface area contributed by atoms with Crippen molar-refractivity contribution in [3.63, 3.8) is 0 Å². The number of aromatic nitrogens is 3. The number of halogens is 3. The van der Waals surface area contributed by atoms with Crippen LogP contribution < -0.4 is 10.4 Å². The van der Waals surface area contributed by atoms with Gasteiger partial charge in [-0.25, -0.2) is 17.8 Å². The van der Waals surface area contributed by atoms with E-state index in [1.54, 1.807) is 6.92 Å². The molecule has 126 valence electrons. The third-order valence-electron chi connectivity index (χ3n) is 2.98. The number of alkyl halides is 2. The van der Waals surface area contributed by atoms with Gasteiger partial charge in [-0.3, -0.25) is 4.72 Å². The van der Waals surface area contributed by atoms with Gasteiger partial charge in [-0.15, -0.1) is 0 Å². The SMILES string of the molecule is Cc1cc(Cl)c(NS(C)(=O)=O)cc1-n1nc(C)n(C(F)F)c1=O.